The molecule has 0 fully saturated rings. The van der Waals surface area contributed by atoms with Gasteiger partial charge in [0, 0.05) is 24.0 Å². The van der Waals surface area contributed by atoms with Crippen molar-refractivity contribution < 1.29 is 0 Å². The van der Waals surface area contributed by atoms with Gasteiger partial charge >= 0.3 is 0 Å². The minimum atomic E-state index is 0.602. The van der Waals surface area contributed by atoms with Gasteiger partial charge in [0.05, 0.1) is 5.69 Å². The summed E-state index contributed by atoms with van der Waals surface area (Å²) in [5.41, 5.74) is 2.11. The van der Waals surface area contributed by atoms with Crippen LogP contribution in [0.3, 0.4) is 0 Å². The Balaban J connectivity index is 2.37. The van der Waals surface area contributed by atoms with Gasteiger partial charge in [-0.2, -0.15) is 5.10 Å². The van der Waals surface area contributed by atoms with E-state index >= 15 is 0 Å². The molecule has 1 N–H and O–H groups in total. The number of nitrogens with one attached hydrogen (secondary N) is 1. The van der Waals surface area contributed by atoms with Crippen LogP contribution in [-0.2, 0) is 13.6 Å². The number of halogens is 2. The largest absolute Gasteiger partial charge is 0.312 e. The summed E-state index contributed by atoms with van der Waals surface area (Å²) in [6, 6.07) is 0. The molecule has 1 aromatic heterocycles. The van der Waals surface area contributed by atoms with Crippen molar-refractivity contribution in [3.8, 4) is 0 Å². The quantitative estimate of drug-likeness (QED) is 0.646. The Kier molecular flexibility index (Phi) is 5.79. The van der Waals surface area contributed by atoms with Crippen molar-refractivity contribution in [3.63, 3.8) is 0 Å². The second-order valence-corrected chi connectivity index (χ2v) is 5.60. The van der Waals surface area contributed by atoms with Crippen LogP contribution >= 0.6 is 27.5 Å². The summed E-state index contributed by atoms with van der Waals surface area (Å²) in [7, 11) is 1.87. The Morgan fingerprint density at radius 3 is 2.75 bits per heavy atom. The molecule has 0 aliphatic heterocycles. The molecule has 1 rings (SSSR count). The maximum atomic E-state index is 6.13. The lowest BCUT2D eigenvalue weighted by Gasteiger charge is -2.08. The number of aromatic nitrogens is 2. The summed E-state index contributed by atoms with van der Waals surface area (Å²) in [4.78, 5) is 0.602. The van der Waals surface area contributed by atoms with Crippen LogP contribution < -0.4 is 5.32 Å². The molecule has 1 heterocycles. The molecule has 5 heteroatoms. The van der Waals surface area contributed by atoms with Crippen LogP contribution in [0.2, 0.25) is 5.15 Å². The maximum Gasteiger partial charge on any atom is 0.131 e. The Morgan fingerprint density at radius 2 is 2.25 bits per heavy atom. The second kappa shape index (κ2) is 6.62. The van der Waals surface area contributed by atoms with E-state index < -0.39 is 0 Å². The Labute approximate surface area is 111 Å². The number of aryl methyl sites for hydroxylation is 2. The Hall–Kier alpha value is -0.0600. The molecule has 3 nitrogen and oxygen atoms in total. The summed E-state index contributed by atoms with van der Waals surface area (Å²) < 4.78 is 1.72. The second-order valence-electron chi connectivity index (χ2n) is 3.95. The van der Waals surface area contributed by atoms with E-state index in [1.807, 2.05) is 14.0 Å². The molecule has 0 saturated heterocycles. The van der Waals surface area contributed by atoms with E-state index in [0.29, 0.717) is 4.83 Å². The minimum Gasteiger partial charge on any atom is -0.312 e. The molecule has 0 radical (unpaired) electrons. The summed E-state index contributed by atoms with van der Waals surface area (Å²) in [6.07, 6.45) is 2.29. The van der Waals surface area contributed by atoms with Gasteiger partial charge in [0.2, 0.25) is 0 Å². The summed E-state index contributed by atoms with van der Waals surface area (Å²) in [5, 5.41) is 8.40. The van der Waals surface area contributed by atoms with Crippen molar-refractivity contribution in [1.29, 1.82) is 0 Å². The van der Waals surface area contributed by atoms with E-state index in [1.165, 1.54) is 0 Å². The predicted octanol–water partition coefficient (Wildman–Crippen LogP) is 3.04. The SMILES string of the molecule is CCC(Br)CCNCc1c(C)nn(C)c1Cl. The molecule has 1 atom stereocenters. The summed E-state index contributed by atoms with van der Waals surface area (Å²) in [6.45, 7) is 5.96. The molecule has 0 aliphatic carbocycles. The van der Waals surface area contributed by atoms with Crippen LogP contribution in [0, 0.1) is 6.92 Å². The normalized spacial score (nSPS) is 13.1. The standard InChI is InChI=1S/C11H19BrClN3/c1-4-9(12)5-6-14-7-10-8(2)15-16(3)11(10)13/h9,14H,4-7H2,1-3H3. The van der Waals surface area contributed by atoms with Crippen molar-refractivity contribution in [2.75, 3.05) is 6.54 Å². The van der Waals surface area contributed by atoms with Gasteiger partial charge in [0.25, 0.3) is 0 Å². The van der Waals surface area contributed by atoms with Gasteiger partial charge < -0.3 is 5.32 Å². The van der Waals surface area contributed by atoms with Crippen LogP contribution in [0.4, 0.5) is 0 Å². The van der Waals surface area contributed by atoms with Crippen molar-refractivity contribution >= 4 is 27.5 Å². The number of rotatable bonds is 6. The third-order valence-electron chi connectivity index (χ3n) is 2.65. The van der Waals surface area contributed by atoms with Crippen LogP contribution in [0.15, 0.2) is 0 Å². The molecule has 0 aromatic carbocycles. The highest BCUT2D eigenvalue weighted by Crippen LogP contribution is 2.18. The van der Waals surface area contributed by atoms with Crippen LogP contribution in [-0.4, -0.2) is 21.2 Å². The maximum absolute atomic E-state index is 6.13. The highest BCUT2D eigenvalue weighted by atomic mass is 79.9. The molecule has 1 unspecified atom stereocenters. The van der Waals surface area contributed by atoms with E-state index in [1.54, 1.807) is 4.68 Å². The third kappa shape index (κ3) is 3.75. The van der Waals surface area contributed by atoms with Gasteiger partial charge in [0.1, 0.15) is 5.15 Å². The topological polar surface area (TPSA) is 29.9 Å². The molecule has 0 spiro atoms. The monoisotopic (exact) mass is 307 g/mol. The van der Waals surface area contributed by atoms with Gasteiger partial charge in [0.15, 0.2) is 0 Å². The lowest BCUT2D eigenvalue weighted by Crippen LogP contribution is -2.18. The van der Waals surface area contributed by atoms with Crippen molar-refractivity contribution in [2.45, 2.75) is 38.1 Å². The first-order valence-electron chi connectivity index (χ1n) is 5.59. The average molecular weight is 309 g/mol. The van der Waals surface area contributed by atoms with Crippen molar-refractivity contribution in [1.82, 2.24) is 15.1 Å². The zero-order valence-electron chi connectivity index (χ0n) is 10.1. The third-order valence-corrected chi connectivity index (χ3v) is 4.23. The molecule has 16 heavy (non-hydrogen) atoms. The molecule has 0 bridgehead atoms. The van der Waals surface area contributed by atoms with E-state index in [0.717, 1.165) is 42.3 Å². The fourth-order valence-corrected chi connectivity index (χ4v) is 2.02. The molecular weight excluding hydrogens is 289 g/mol. The first kappa shape index (κ1) is 14.0. The fourth-order valence-electron chi connectivity index (χ4n) is 1.55. The first-order chi connectivity index (χ1) is 7.56. The molecule has 92 valence electrons. The molecule has 0 aliphatic rings. The van der Waals surface area contributed by atoms with Crippen LogP contribution in [0.5, 0.6) is 0 Å². The van der Waals surface area contributed by atoms with Crippen molar-refractivity contribution in [3.05, 3.63) is 16.4 Å². The van der Waals surface area contributed by atoms with Gasteiger partial charge in [-0.3, -0.25) is 4.68 Å². The highest BCUT2D eigenvalue weighted by molar-refractivity contribution is 9.09. The Bertz CT molecular complexity index is 338. The van der Waals surface area contributed by atoms with E-state index in [4.69, 9.17) is 11.6 Å². The zero-order valence-corrected chi connectivity index (χ0v) is 12.4. The lowest BCUT2D eigenvalue weighted by atomic mass is 10.2. The van der Waals surface area contributed by atoms with E-state index in [2.05, 4.69) is 33.3 Å². The van der Waals surface area contributed by atoms with Crippen molar-refractivity contribution in [2.24, 2.45) is 7.05 Å². The number of nitrogens with zero attached hydrogens (tertiary/aromatic N) is 2. The smallest absolute Gasteiger partial charge is 0.131 e. The van der Waals surface area contributed by atoms with Gasteiger partial charge in [-0.15, -0.1) is 0 Å². The fraction of sp³-hybridized carbons (Fsp3) is 0.727. The molecule has 0 amide bonds. The molecule has 1 aromatic rings. The summed E-state index contributed by atoms with van der Waals surface area (Å²) >= 11 is 9.75. The van der Waals surface area contributed by atoms with E-state index in [-0.39, 0.29) is 0 Å². The average Bonchev–Trinajstić information content (AvgIpc) is 2.49. The summed E-state index contributed by atoms with van der Waals surface area (Å²) in [5.74, 6) is 0. The first-order valence-corrected chi connectivity index (χ1v) is 6.88. The number of alkyl halides is 1. The van der Waals surface area contributed by atoms with E-state index in [9.17, 15) is 0 Å². The molecule has 0 saturated carbocycles. The lowest BCUT2D eigenvalue weighted by molar-refractivity contribution is 0.629. The predicted molar refractivity (Wildman–Crippen MR) is 72.3 cm³/mol. The van der Waals surface area contributed by atoms with Gasteiger partial charge in [-0.05, 0) is 26.3 Å². The van der Waals surface area contributed by atoms with Gasteiger partial charge in [-0.25, -0.2) is 0 Å². The van der Waals surface area contributed by atoms with Gasteiger partial charge in [-0.1, -0.05) is 34.5 Å². The van der Waals surface area contributed by atoms with Crippen LogP contribution in [0.25, 0.3) is 0 Å². The number of hydrogen-bond donors (Lipinski definition) is 1. The Morgan fingerprint density at radius 1 is 1.56 bits per heavy atom. The zero-order chi connectivity index (χ0) is 12.1. The number of hydrogen-bond acceptors (Lipinski definition) is 2. The minimum absolute atomic E-state index is 0.602. The molecular formula is C11H19BrClN3. The highest BCUT2D eigenvalue weighted by Gasteiger charge is 2.10. The van der Waals surface area contributed by atoms with Crippen LogP contribution in [0.1, 0.15) is 31.0 Å².